The van der Waals surface area contributed by atoms with Crippen LogP contribution in [0.4, 0.5) is 0 Å². The highest BCUT2D eigenvalue weighted by molar-refractivity contribution is 7.53. The van der Waals surface area contributed by atoms with Gasteiger partial charge in [-0.15, -0.1) is 0 Å². The van der Waals surface area contributed by atoms with E-state index in [-0.39, 0.29) is 6.10 Å². The fourth-order valence-electron chi connectivity index (χ4n) is 1.76. The summed E-state index contributed by atoms with van der Waals surface area (Å²) in [5.41, 5.74) is 0. The Morgan fingerprint density at radius 2 is 2.00 bits per heavy atom. The van der Waals surface area contributed by atoms with E-state index in [9.17, 15) is 9.67 Å². The lowest BCUT2D eigenvalue weighted by atomic mass is 10.1. The lowest BCUT2D eigenvalue weighted by Crippen LogP contribution is -2.22. The van der Waals surface area contributed by atoms with Gasteiger partial charge < -0.3 is 18.9 Å². The van der Waals surface area contributed by atoms with Crippen LogP contribution in [0.2, 0.25) is 0 Å². The topological polar surface area (TPSA) is 65.0 Å². The summed E-state index contributed by atoms with van der Waals surface area (Å²) >= 11 is 0. The van der Waals surface area contributed by atoms with Gasteiger partial charge in [-0.2, -0.15) is 0 Å². The van der Waals surface area contributed by atoms with Crippen LogP contribution in [0.1, 0.15) is 26.7 Å². The number of aliphatic hydroxyl groups is 1. The molecular formula is C10H21O5P. The minimum Gasteiger partial charge on any atom is -0.390 e. The van der Waals surface area contributed by atoms with Crippen LogP contribution in [0, 0.1) is 0 Å². The minimum absolute atomic E-state index is 0.228. The monoisotopic (exact) mass is 252 g/mol. The quantitative estimate of drug-likeness (QED) is 0.700. The predicted molar refractivity (Wildman–Crippen MR) is 60.7 cm³/mol. The standard InChI is InChI=1S/C10H21O5P/c1-3-14-16(12,15-4-2)8-6-10-9(11)5-7-13-10/h9-11H,3-8H2,1-2H3/t9?,10-/m1/s1. The van der Waals surface area contributed by atoms with Gasteiger partial charge in [-0.25, -0.2) is 0 Å². The summed E-state index contributed by atoms with van der Waals surface area (Å²) in [6, 6.07) is 0. The average molecular weight is 252 g/mol. The molecule has 0 aliphatic carbocycles. The van der Waals surface area contributed by atoms with Crippen LogP contribution in [0.3, 0.4) is 0 Å². The van der Waals surface area contributed by atoms with Gasteiger partial charge in [-0.05, 0) is 26.7 Å². The van der Waals surface area contributed by atoms with Gasteiger partial charge in [0.25, 0.3) is 0 Å². The van der Waals surface area contributed by atoms with Gasteiger partial charge in [-0.1, -0.05) is 0 Å². The van der Waals surface area contributed by atoms with Gasteiger partial charge in [-0.3, -0.25) is 4.57 Å². The van der Waals surface area contributed by atoms with E-state index in [1.165, 1.54) is 0 Å². The Balaban J connectivity index is 2.40. The van der Waals surface area contributed by atoms with Crippen LogP contribution in [-0.2, 0) is 18.3 Å². The summed E-state index contributed by atoms with van der Waals surface area (Å²) in [4.78, 5) is 0. The van der Waals surface area contributed by atoms with Crippen molar-refractivity contribution in [2.24, 2.45) is 0 Å². The Hall–Kier alpha value is 0.0700. The second-order valence-electron chi connectivity index (χ2n) is 3.72. The van der Waals surface area contributed by atoms with Crippen molar-refractivity contribution in [3.8, 4) is 0 Å². The number of ether oxygens (including phenoxy) is 1. The maximum atomic E-state index is 12.1. The van der Waals surface area contributed by atoms with Crippen LogP contribution in [0.5, 0.6) is 0 Å². The van der Waals surface area contributed by atoms with Crippen LogP contribution >= 0.6 is 7.60 Å². The van der Waals surface area contributed by atoms with Gasteiger partial charge in [0.1, 0.15) is 0 Å². The first-order valence-corrected chi connectivity index (χ1v) is 7.52. The Labute approximate surface area is 96.6 Å². The van der Waals surface area contributed by atoms with Crippen LogP contribution < -0.4 is 0 Å². The molecule has 1 saturated heterocycles. The highest BCUT2D eigenvalue weighted by Crippen LogP contribution is 2.49. The van der Waals surface area contributed by atoms with Gasteiger partial charge >= 0.3 is 7.60 Å². The van der Waals surface area contributed by atoms with Gasteiger partial charge in [0.05, 0.1) is 31.6 Å². The van der Waals surface area contributed by atoms with Crippen molar-refractivity contribution in [2.45, 2.75) is 38.9 Å². The summed E-state index contributed by atoms with van der Waals surface area (Å²) in [5, 5.41) is 9.55. The molecular weight excluding hydrogens is 231 g/mol. The molecule has 1 unspecified atom stereocenters. The average Bonchev–Trinajstić information content (AvgIpc) is 2.62. The molecule has 0 amide bonds. The zero-order chi connectivity index (χ0) is 12.0. The third-order valence-electron chi connectivity index (χ3n) is 2.51. The molecule has 0 aromatic rings. The third-order valence-corrected chi connectivity index (χ3v) is 4.62. The molecule has 5 nitrogen and oxygen atoms in total. The van der Waals surface area contributed by atoms with Crippen LogP contribution in [0.25, 0.3) is 0 Å². The van der Waals surface area contributed by atoms with Gasteiger partial charge in [0.15, 0.2) is 0 Å². The van der Waals surface area contributed by atoms with E-state index in [2.05, 4.69) is 0 Å². The summed E-state index contributed by atoms with van der Waals surface area (Å²) < 4.78 is 27.8. The van der Waals surface area contributed by atoms with E-state index in [1.54, 1.807) is 13.8 Å². The van der Waals surface area contributed by atoms with Crippen molar-refractivity contribution in [3.63, 3.8) is 0 Å². The van der Waals surface area contributed by atoms with E-state index in [0.717, 1.165) is 0 Å². The van der Waals surface area contributed by atoms with Crippen LogP contribution in [0.15, 0.2) is 0 Å². The van der Waals surface area contributed by atoms with Crippen molar-refractivity contribution in [3.05, 3.63) is 0 Å². The lowest BCUT2D eigenvalue weighted by Gasteiger charge is -2.19. The second-order valence-corrected chi connectivity index (χ2v) is 5.91. The molecule has 96 valence electrons. The molecule has 0 spiro atoms. The molecule has 1 fully saturated rings. The maximum absolute atomic E-state index is 12.1. The minimum atomic E-state index is -2.99. The van der Waals surface area contributed by atoms with Crippen molar-refractivity contribution in [1.29, 1.82) is 0 Å². The maximum Gasteiger partial charge on any atom is 0.330 e. The van der Waals surface area contributed by atoms with E-state index in [4.69, 9.17) is 13.8 Å². The number of rotatable bonds is 7. The van der Waals surface area contributed by atoms with Gasteiger partial charge in [0.2, 0.25) is 0 Å². The zero-order valence-corrected chi connectivity index (χ0v) is 10.8. The molecule has 1 aliphatic heterocycles. The number of hydrogen-bond acceptors (Lipinski definition) is 5. The fraction of sp³-hybridized carbons (Fsp3) is 1.00. The second kappa shape index (κ2) is 6.72. The third kappa shape index (κ3) is 4.15. The zero-order valence-electron chi connectivity index (χ0n) is 9.92. The Morgan fingerprint density at radius 3 is 2.44 bits per heavy atom. The summed E-state index contributed by atoms with van der Waals surface area (Å²) in [7, 11) is -2.99. The molecule has 6 heteroatoms. The van der Waals surface area contributed by atoms with Crippen molar-refractivity contribution >= 4 is 7.60 Å². The first-order valence-electron chi connectivity index (χ1n) is 5.79. The molecule has 0 aromatic carbocycles. The molecule has 16 heavy (non-hydrogen) atoms. The molecule has 0 radical (unpaired) electrons. The SMILES string of the molecule is CCOP(=O)(CC[C@H]1OCCC1O)OCC. The molecule has 1 rings (SSSR count). The Bertz CT molecular complexity index is 235. The molecule has 1 aliphatic rings. The lowest BCUT2D eigenvalue weighted by molar-refractivity contribution is 0.0395. The summed E-state index contributed by atoms with van der Waals surface area (Å²) in [6.07, 6.45) is 0.790. The van der Waals surface area contributed by atoms with Gasteiger partial charge in [0, 0.05) is 6.61 Å². The molecule has 0 bridgehead atoms. The van der Waals surface area contributed by atoms with E-state index < -0.39 is 13.7 Å². The molecule has 0 aromatic heterocycles. The molecule has 1 heterocycles. The van der Waals surface area contributed by atoms with E-state index in [1.807, 2.05) is 0 Å². The van der Waals surface area contributed by atoms with E-state index in [0.29, 0.717) is 38.8 Å². The Kier molecular flexibility index (Phi) is 5.94. The van der Waals surface area contributed by atoms with E-state index >= 15 is 0 Å². The largest absolute Gasteiger partial charge is 0.390 e. The highest BCUT2D eigenvalue weighted by atomic mass is 31.2. The smallest absolute Gasteiger partial charge is 0.330 e. The Morgan fingerprint density at radius 1 is 1.38 bits per heavy atom. The molecule has 0 saturated carbocycles. The summed E-state index contributed by atoms with van der Waals surface area (Å²) in [6.45, 7) is 4.87. The normalized spacial score (nSPS) is 26.2. The summed E-state index contributed by atoms with van der Waals surface area (Å²) in [5.74, 6) is 0. The molecule has 2 atom stereocenters. The molecule has 1 N–H and O–H groups in total. The highest BCUT2D eigenvalue weighted by Gasteiger charge is 2.31. The van der Waals surface area contributed by atoms with Crippen molar-refractivity contribution in [1.82, 2.24) is 0 Å². The van der Waals surface area contributed by atoms with Crippen molar-refractivity contribution in [2.75, 3.05) is 26.0 Å². The predicted octanol–water partition coefficient (Wildman–Crippen LogP) is 1.79. The van der Waals surface area contributed by atoms with Crippen molar-refractivity contribution < 1.29 is 23.5 Å². The fourth-order valence-corrected chi connectivity index (χ4v) is 3.45. The van der Waals surface area contributed by atoms with Crippen LogP contribution in [-0.4, -0.2) is 43.3 Å². The number of hydrogen-bond donors (Lipinski definition) is 1. The first kappa shape index (κ1) is 14.1. The number of aliphatic hydroxyl groups excluding tert-OH is 1. The first-order chi connectivity index (χ1) is 7.61.